The van der Waals surface area contributed by atoms with Crippen molar-refractivity contribution in [1.29, 1.82) is 0 Å². The van der Waals surface area contributed by atoms with E-state index in [1.54, 1.807) is 19.9 Å². The minimum Gasteiger partial charge on any atom is -0.492 e. The average Bonchev–Trinajstić information content (AvgIpc) is 2.70. The molecule has 0 aliphatic heterocycles. The Morgan fingerprint density at radius 1 is 1.10 bits per heavy atom. The summed E-state index contributed by atoms with van der Waals surface area (Å²) in [7, 11) is -5.16. The van der Waals surface area contributed by atoms with Crippen LogP contribution in [0.3, 0.4) is 0 Å². The number of ether oxygens (including phenoxy) is 1. The summed E-state index contributed by atoms with van der Waals surface area (Å²) in [5.41, 5.74) is 0.878. The summed E-state index contributed by atoms with van der Waals surface area (Å²) < 4.78 is 57.9. The van der Waals surface area contributed by atoms with E-state index in [4.69, 9.17) is 16.3 Å². The molecule has 2 aromatic rings. The second kappa shape index (κ2) is 9.96. The molecule has 0 radical (unpaired) electrons. The van der Waals surface area contributed by atoms with Crippen molar-refractivity contribution in [2.45, 2.75) is 23.6 Å². The van der Waals surface area contributed by atoms with E-state index in [1.807, 2.05) is 0 Å². The Labute approximate surface area is 187 Å². The zero-order valence-corrected chi connectivity index (χ0v) is 19.9. The van der Waals surface area contributed by atoms with Crippen molar-refractivity contribution >= 4 is 43.2 Å². The van der Waals surface area contributed by atoms with Crippen molar-refractivity contribution < 1.29 is 26.4 Å². The molecule has 170 valence electrons. The zero-order valence-electron chi connectivity index (χ0n) is 17.5. The first kappa shape index (κ1) is 25.1. The Morgan fingerprint density at radius 2 is 1.74 bits per heavy atom. The highest BCUT2D eigenvalue weighted by atomic mass is 35.5. The second-order valence-corrected chi connectivity index (χ2v) is 10.9. The lowest BCUT2D eigenvalue weighted by molar-refractivity contribution is -0.116. The molecule has 1 amide bonds. The lowest BCUT2D eigenvalue weighted by atomic mass is 10.2. The van der Waals surface area contributed by atoms with Gasteiger partial charge in [-0.05, 0) is 56.8 Å². The first-order valence-corrected chi connectivity index (χ1v) is 12.4. The van der Waals surface area contributed by atoms with Crippen LogP contribution in [0.4, 0.5) is 5.69 Å². The summed E-state index contributed by atoms with van der Waals surface area (Å²) in [4.78, 5) is 12.3. The van der Waals surface area contributed by atoms with Crippen molar-refractivity contribution in [3.05, 3.63) is 47.0 Å². The van der Waals surface area contributed by atoms with Crippen LogP contribution in [0.1, 0.15) is 12.5 Å². The monoisotopic (exact) mass is 489 g/mol. The smallest absolute Gasteiger partial charge is 0.243 e. The van der Waals surface area contributed by atoms with Crippen LogP contribution in [0.25, 0.3) is 0 Å². The van der Waals surface area contributed by atoms with Crippen molar-refractivity contribution in [1.82, 2.24) is 9.03 Å². The molecular formula is C19H24ClN3O6S2. The molecule has 0 spiro atoms. The summed E-state index contributed by atoms with van der Waals surface area (Å²) in [6.45, 7) is 3.35. The highest BCUT2D eigenvalue weighted by Crippen LogP contribution is 2.28. The average molecular weight is 490 g/mol. The molecular weight excluding hydrogens is 466 g/mol. The van der Waals surface area contributed by atoms with Gasteiger partial charge in [-0.3, -0.25) is 4.79 Å². The lowest BCUT2D eigenvalue weighted by Crippen LogP contribution is -2.35. The number of aryl methyl sites for hydroxylation is 1. The number of carbonyl (C=O) groups is 1. The number of anilines is 1. The van der Waals surface area contributed by atoms with Crippen LogP contribution in [0, 0.1) is 6.92 Å². The van der Waals surface area contributed by atoms with E-state index in [1.165, 1.54) is 44.4 Å². The SMILES string of the molecule is CCOc1ccc(S(=O)(=O)N(C)CC(=O)Nc2cc(S(=O)(=O)NC)ccc2C)cc1Cl. The van der Waals surface area contributed by atoms with Gasteiger partial charge in [-0.1, -0.05) is 17.7 Å². The fourth-order valence-electron chi connectivity index (χ4n) is 2.59. The van der Waals surface area contributed by atoms with Crippen molar-refractivity contribution in [2.24, 2.45) is 0 Å². The number of nitrogens with one attached hydrogen (secondary N) is 2. The molecule has 0 aliphatic rings. The third-order valence-corrected chi connectivity index (χ3v) is 7.85. The van der Waals surface area contributed by atoms with Crippen LogP contribution in [0.2, 0.25) is 5.02 Å². The minimum absolute atomic E-state index is 0.0269. The third-order valence-electron chi connectivity index (χ3n) is 4.34. The molecule has 0 heterocycles. The maximum Gasteiger partial charge on any atom is 0.243 e. The van der Waals surface area contributed by atoms with E-state index in [9.17, 15) is 21.6 Å². The maximum absolute atomic E-state index is 12.8. The molecule has 0 saturated heterocycles. The van der Waals surface area contributed by atoms with Crippen molar-refractivity contribution in [2.75, 3.05) is 32.6 Å². The predicted octanol–water partition coefficient (Wildman–Crippen LogP) is 2.21. The van der Waals surface area contributed by atoms with Crippen LogP contribution < -0.4 is 14.8 Å². The molecule has 2 N–H and O–H groups in total. The molecule has 31 heavy (non-hydrogen) atoms. The van der Waals surface area contributed by atoms with Gasteiger partial charge in [0.1, 0.15) is 5.75 Å². The van der Waals surface area contributed by atoms with Gasteiger partial charge in [0.2, 0.25) is 26.0 Å². The van der Waals surface area contributed by atoms with E-state index in [2.05, 4.69) is 10.0 Å². The number of carbonyl (C=O) groups excluding carboxylic acids is 1. The van der Waals surface area contributed by atoms with Crippen LogP contribution in [0.15, 0.2) is 46.2 Å². The number of hydrogen-bond acceptors (Lipinski definition) is 6. The minimum atomic E-state index is -4.00. The summed E-state index contributed by atoms with van der Waals surface area (Å²) >= 11 is 6.07. The highest BCUT2D eigenvalue weighted by molar-refractivity contribution is 7.89. The summed E-state index contributed by atoms with van der Waals surface area (Å²) in [5, 5.41) is 2.69. The number of halogens is 1. The van der Waals surface area contributed by atoms with Crippen molar-refractivity contribution in [3.63, 3.8) is 0 Å². The number of amides is 1. The summed E-state index contributed by atoms with van der Waals surface area (Å²) in [6, 6.07) is 8.30. The van der Waals surface area contributed by atoms with E-state index in [0.717, 1.165) is 4.31 Å². The molecule has 0 aliphatic carbocycles. The third kappa shape index (κ3) is 5.95. The Kier molecular flexibility index (Phi) is 8.06. The van der Waals surface area contributed by atoms with E-state index in [-0.39, 0.29) is 20.5 Å². The Morgan fingerprint density at radius 3 is 2.32 bits per heavy atom. The fraction of sp³-hybridized carbons (Fsp3) is 0.316. The number of benzene rings is 2. The van der Waals surface area contributed by atoms with Crippen LogP contribution >= 0.6 is 11.6 Å². The molecule has 0 unspecified atom stereocenters. The molecule has 12 heteroatoms. The van der Waals surface area contributed by atoms with Gasteiger partial charge in [-0.2, -0.15) is 4.31 Å². The number of sulfonamides is 2. The molecule has 2 rings (SSSR count). The molecule has 0 bridgehead atoms. The first-order valence-electron chi connectivity index (χ1n) is 9.15. The van der Waals surface area contributed by atoms with E-state index >= 15 is 0 Å². The van der Waals surface area contributed by atoms with Gasteiger partial charge in [0.25, 0.3) is 0 Å². The van der Waals surface area contributed by atoms with Crippen molar-refractivity contribution in [3.8, 4) is 5.75 Å². The summed E-state index contributed by atoms with van der Waals surface area (Å²) in [6.07, 6.45) is 0. The molecule has 0 atom stereocenters. The normalized spacial score (nSPS) is 12.1. The highest BCUT2D eigenvalue weighted by Gasteiger charge is 2.24. The van der Waals surface area contributed by atoms with Crippen LogP contribution in [-0.2, 0) is 24.8 Å². The molecule has 0 aromatic heterocycles. The Bertz CT molecular complexity index is 1180. The lowest BCUT2D eigenvalue weighted by Gasteiger charge is -2.18. The summed E-state index contributed by atoms with van der Waals surface area (Å²) in [5.74, 6) is -0.277. The van der Waals surface area contributed by atoms with Gasteiger partial charge < -0.3 is 10.1 Å². The van der Waals surface area contributed by atoms with Crippen LogP contribution in [0.5, 0.6) is 5.75 Å². The standard InChI is InChI=1S/C19H24ClN3O6S2/c1-5-29-18-9-8-15(10-16(18)20)31(27,28)23(4)12-19(24)22-17-11-14(7-6-13(17)2)30(25,26)21-3/h6-11,21H,5,12H2,1-4H3,(H,22,24). The van der Waals surface area contributed by atoms with Gasteiger partial charge in [0.05, 0.1) is 28.0 Å². The Balaban J connectivity index is 2.19. The van der Waals surface area contributed by atoms with Gasteiger partial charge in [-0.15, -0.1) is 0 Å². The number of hydrogen-bond donors (Lipinski definition) is 2. The van der Waals surface area contributed by atoms with Crippen LogP contribution in [-0.4, -0.2) is 54.3 Å². The van der Waals surface area contributed by atoms with Gasteiger partial charge in [-0.25, -0.2) is 21.6 Å². The van der Waals surface area contributed by atoms with E-state index in [0.29, 0.717) is 17.9 Å². The number of nitrogens with zero attached hydrogens (tertiary/aromatic N) is 1. The van der Waals surface area contributed by atoms with E-state index < -0.39 is 32.5 Å². The predicted molar refractivity (Wildman–Crippen MR) is 118 cm³/mol. The van der Waals surface area contributed by atoms with Gasteiger partial charge in [0.15, 0.2) is 0 Å². The molecule has 9 nitrogen and oxygen atoms in total. The quantitative estimate of drug-likeness (QED) is 0.557. The molecule has 0 fully saturated rings. The zero-order chi connectivity index (χ0) is 23.4. The van der Waals surface area contributed by atoms with Gasteiger partial charge >= 0.3 is 0 Å². The Hall–Kier alpha value is -2.18. The largest absolute Gasteiger partial charge is 0.492 e. The number of likely N-dealkylation sites (N-methyl/N-ethyl adjacent to an activating group) is 1. The fourth-order valence-corrected chi connectivity index (χ4v) is 4.80. The molecule has 0 saturated carbocycles. The molecule has 2 aromatic carbocycles. The first-order chi connectivity index (χ1) is 14.4. The number of rotatable bonds is 9. The van der Waals surface area contributed by atoms with Gasteiger partial charge in [0, 0.05) is 12.7 Å². The second-order valence-electron chi connectivity index (χ2n) is 6.52. The topological polar surface area (TPSA) is 122 Å². The maximum atomic E-state index is 12.8.